The lowest BCUT2D eigenvalue weighted by molar-refractivity contribution is -0.154. The van der Waals surface area contributed by atoms with E-state index in [2.05, 4.69) is 14.7 Å². The van der Waals surface area contributed by atoms with Crippen LogP contribution in [0.4, 0.5) is 13.2 Å². The van der Waals surface area contributed by atoms with Gasteiger partial charge in [0.2, 0.25) is 5.88 Å². The summed E-state index contributed by atoms with van der Waals surface area (Å²) in [6, 6.07) is 0. The number of hydrogen-bond donors (Lipinski definition) is 0. The zero-order chi connectivity index (χ0) is 10.6. The summed E-state index contributed by atoms with van der Waals surface area (Å²) >= 11 is 0. The molecule has 0 aliphatic rings. The Morgan fingerprint density at radius 2 is 1.93 bits per heavy atom. The van der Waals surface area contributed by atoms with E-state index in [1.165, 1.54) is 12.4 Å². The molecule has 0 amide bonds. The Morgan fingerprint density at radius 1 is 1.29 bits per heavy atom. The Bertz CT molecular complexity index is 301. The first-order valence-electron chi connectivity index (χ1n) is 4.02. The van der Waals surface area contributed by atoms with Crippen molar-refractivity contribution in [2.24, 2.45) is 0 Å². The molecular weight excluding hydrogens is 197 g/mol. The zero-order valence-corrected chi connectivity index (χ0v) is 7.51. The van der Waals surface area contributed by atoms with Gasteiger partial charge in [0.25, 0.3) is 0 Å². The summed E-state index contributed by atoms with van der Waals surface area (Å²) in [5.41, 5.74) is 0.428. The van der Waals surface area contributed by atoms with Crippen LogP contribution < -0.4 is 4.74 Å². The number of rotatable bonds is 3. The van der Waals surface area contributed by atoms with E-state index in [-0.39, 0.29) is 5.88 Å². The van der Waals surface area contributed by atoms with Crippen LogP contribution >= 0.6 is 0 Å². The maximum atomic E-state index is 11.8. The van der Waals surface area contributed by atoms with Crippen molar-refractivity contribution in [2.75, 3.05) is 6.61 Å². The molecule has 0 fully saturated rings. The fraction of sp³-hybridized carbons (Fsp3) is 0.500. The van der Waals surface area contributed by atoms with E-state index in [4.69, 9.17) is 0 Å². The van der Waals surface area contributed by atoms with Crippen LogP contribution in [0.1, 0.15) is 12.6 Å². The van der Waals surface area contributed by atoms with Gasteiger partial charge in [0, 0.05) is 12.4 Å². The minimum atomic E-state index is -4.34. The first kappa shape index (κ1) is 10.7. The normalized spacial score (nSPS) is 11.4. The number of halogens is 3. The van der Waals surface area contributed by atoms with Gasteiger partial charge in [0.05, 0.1) is 0 Å². The maximum absolute atomic E-state index is 11.8. The Morgan fingerprint density at radius 3 is 2.50 bits per heavy atom. The molecule has 78 valence electrons. The van der Waals surface area contributed by atoms with Crippen molar-refractivity contribution in [1.82, 2.24) is 9.97 Å². The van der Waals surface area contributed by atoms with E-state index in [9.17, 15) is 13.2 Å². The second-order valence-corrected chi connectivity index (χ2v) is 2.57. The second-order valence-electron chi connectivity index (χ2n) is 2.57. The summed E-state index contributed by atoms with van der Waals surface area (Å²) < 4.78 is 39.9. The van der Waals surface area contributed by atoms with Gasteiger partial charge in [-0.05, 0) is 6.42 Å². The molecule has 0 N–H and O–H groups in total. The zero-order valence-electron chi connectivity index (χ0n) is 7.51. The highest BCUT2D eigenvalue weighted by molar-refractivity contribution is 5.16. The lowest BCUT2D eigenvalue weighted by Crippen LogP contribution is -2.20. The predicted octanol–water partition coefficient (Wildman–Crippen LogP) is 1.98. The molecule has 0 aliphatic heterocycles. The molecule has 0 unspecified atom stereocenters. The lowest BCUT2D eigenvalue weighted by atomic mass is 10.3. The summed E-state index contributed by atoms with van der Waals surface area (Å²) in [5.74, 6) is -0.0488. The minimum Gasteiger partial charge on any atom is -0.467 e. The molecule has 6 heteroatoms. The van der Waals surface area contributed by atoms with Crippen molar-refractivity contribution < 1.29 is 17.9 Å². The fourth-order valence-corrected chi connectivity index (χ4v) is 0.867. The molecule has 0 saturated carbocycles. The van der Waals surface area contributed by atoms with Crippen molar-refractivity contribution in [1.29, 1.82) is 0 Å². The van der Waals surface area contributed by atoms with Crippen LogP contribution in [0.3, 0.4) is 0 Å². The number of ether oxygens (including phenoxy) is 1. The first-order valence-corrected chi connectivity index (χ1v) is 4.02. The molecule has 0 bridgehead atoms. The van der Waals surface area contributed by atoms with Crippen LogP contribution in [-0.2, 0) is 6.42 Å². The summed E-state index contributed by atoms with van der Waals surface area (Å²) in [4.78, 5) is 7.51. The number of aromatic nitrogens is 2. The standard InChI is InChI=1S/C8H9F3N2O/c1-2-6-7(13-4-3-12-6)14-5-8(9,10)11/h3-4H,2,5H2,1H3. The SMILES string of the molecule is CCc1nccnc1OCC(F)(F)F. The maximum Gasteiger partial charge on any atom is 0.422 e. The molecule has 0 saturated heterocycles. The van der Waals surface area contributed by atoms with E-state index in [1.807, 2.05) is 0 Å². The molecule has 1 aromatic heterocycles. The second kappa shape index (κ2) is 4.26. The molecule has 0 spiro atoms. The van der Waals surface area contributed by atoms with Crippen LogP contribution in [0.2, 0.25) is 0 Å². The highest BCUT2D eigenvalue weighted by Crippen LogP contribution is 2.18. The van der Waals surface area contributed by atoms with Crippen molar-refractivity contribution in [3.05, 3.63) is 18.1 Å². The molecule has 0 aromatic carbocycles. The summed E-state index contributed by atoms with van der Waals surface area (Å²) in [7, 11) is 0. The number of nitrogens with zero attached hydrogens (tertiary/aromatic N) is 2. The topological polar surface area (TPSA) is 35.0 Å². The monoisotopic (exact) mass is 206 g/mol. The molecule has 1 heterocycles. The molecule has 0 aliphatic carbocycles. The van der Waals surface area contributed by atoms with E-state index in [1.54, 1.807) is 6.92 Å². The average Bonchev–Trinajstić information content (AvgIpc) is 2.14. The smallest absolute Gasteiger partial charge is 0.422 e. The number of aryl methyl sites for hydroxylation is 1. The van der Waals surface area contributed by atoms with Crippen molar-refractivity contribution in [2.45, 2.75) is 19.5 Å². The van der Waals surface area contributed by atoms with Gasteiger partial charge in [-0.15, -0.1) is 0 Å². The molecular formula is C8H9F3N2O. The highest BCUT2D eigenvalue weighted by atomic mass is 19.4. The third-order valence-electron chi connectivity index (χ3n) is 1.44. The van der Waals surface area contributed by atoms with Gasteiger partial charge in [-0.25, -0.2) is 4.98 Å². The third-order valence-corrected chi connectivity index (χ3v) is 1.44. The summed E-state index contributed by atoms with van der Waals surface area (Å²) in [5, 5.41) is 0. The summed E-state index contributed by atoms with van der Waals surface area (Å²) in [6.07, 6.45) is -1.15. The van der Waals surface area contributed by atoms with Gasteiger partial charge in [0.1, 0.15) is 5.69 Å². The Hall–Kier alpha value is -1.33. The van der Waals surface area contributed by atoms with E-state index < -0.39 is 12.8 Å². The van der Waals surface area contributed by atoms with Gasteiger partial charge < -0.3 is 4.74 Å². The van der Waals surface area contributed by atoms with Gasteiger partial charge >= 0.3 is 6.18 Å². The Balaban J connectivity index is 2.67. The number of hydrogen-bond acceptors (Lipinski definition) is 3. The molecule has 3 nitrogen and oxygen atoms in total. The van der Waals surface area contributed by atoms with E-state index >= 15 is 0 Å². The van der Waals surface area contributed by atoms with Gasteiger partial charge in [0.15, 0.2) is 6.61 Å². The van der Waals surface area contributed by atoms with Crippen LogP contribution in [0.5, 0.6) is 5.88 Å². The van der Waals surface area contributed by atoms with Crippen LogP contribution in [0, 0.1) is 0 Å². The quantitative estimate of drug-likeness (QED) is 0.758. The molecule has 1 aromatic rings. The summed E-state index contributed by atoms with van der Waals surface area (Å²) in [6.45, 7) is 0.434. The van der Waals surface area contributed by atoms with Crippen molar-refractivity contribution >= 4 is 0 Å². The van der Waals surface area contributed by atoms with Crippen molar-refractivity contribution in [3.63, 3.8) is 0 Å². The third kappa shape index (κ3) is 3.20. The highest BCUT2D eigenvalue weighted by Gasteiger charge is 2.29. The molecule has 1 rings (SSSR count). The average molecular weight is 206 g/mol. The Kier molecular flexibility index (Phi) is 3.27. The largest absolute Gasteiger partial charge is 0.467 e. The van der Waals surface area contributed by atoms with Gasteiger partial charge in [-0.3, -0.25) is 4.98 Å². The Labute approximate surface area is 78.9 Å². The van der Waals surface area contributed by atoms with Crippen LogP contribution in [0.15, 0.2) is 12.4 Å². The van der Waals surface area contributed by atoms with Gasteiger partial charge in [-0.1, -0.05) is 6.92 Å². The van der Waals surface area contributed by atoms with E-state index in [0.29, 0.717) is 12.1 Å². The number of alkyl halides is 3. The van der Waals surface area contributed by atoms with Crippen molar-refractivity contribution in [3.8, 4) is 5.88 Å². The van der Waals surface area contributed by atoms with Crippen LogP contribution in [-0.4, -0.2) is 22.8 Å². The first-order chi connectivity index (χ1) is 6.53. The van der Waals surface area contributed by atoms with E-state index in [0.717, 1.165) is 0 Å². The molecule has 0 atom stereocenters. The van der Waals surface area contributed by atoms with Crippen LogP contribution in [0.25, 0.3) is 0 Å². The molecule has 0 radical (unpaired) electrons. The lowest BCUT2D eigenvalue weighted by Gasteiger charge is -2.09. The fourth-order valence-electron chi connectivity index (χ4n) is 0.867. The molecule has 14 heavy (non-hydrogen) atoms. The predicted molar refractivity (Wildman–Crippen MR) is 43.0 cm³/mol. The minimum absolute atomic E-state index is 0.0488. The van der Waals surface area contributed by atoms with Gasteiger partial charge in [-0.2, -0.15) is 13.2 Å².